The zero-order valence-electron chi connectivity index (χ0n) is 15.4. The van der Waals surface area contributed by atoms with Crippen molar-refractivity contribution < 1.29 is 9.21 Å². The van der Waals surface area contributed by atoms with Gasteiger partial charge in [-0.2, -0.15) is 0 Å². The molecular formula is C21H18N2O2S3. The minimum atomic E-state index is -0.0896. The maximum Gasteiger partial charge on any atom is 0.260 e. The van der Waals surface area contributed by atoms with Gasteiger partial charge in [-0.05, 0) is 67.1 Å². The van der Waals surface area contributed by atoms with Crippen LogP contribution in [-0.4, -0.2) is 23.4 Å². The summed E-state index contributed by atoms with van der Waals surface area (Å²) in [5.74, 6) is 0.631. The number of carbonyl (C=O) groups excluding carboxylic acids is 1. The largest absolute Gasteiger partial charge is 0.467 e. The standard InChI is InChI=1S/C21H18N2O2S3/c1-26-16-7-5-14(6-8-16)20(24)23(13-15-4-3-11-25-15)21-22-18-10-9-17(27-2)12-19(18)28-21/h3-12H,13H2,1-2H3. The molecule has 0 saturated carbocycles. The number of anilines is 1. The molecule has 0 bridgehead atoms. The smallest absolute Gasteiger partial charge is 0.260 e. The van der Waals surface area contributed by atoms with E-state index in [0.29, 0.717) is 17.2 Å². The van der Waals surface area contributed by atoms with Crippen LogP contribution < -0.4 is 4.90 Å². The van der Waals surface area contributed by atoms with Gasteiger partial charge in [0.05, 0.1) is 23.0 Å². The van der Waals surface area contributed by atoms with E-state index in [1.54, 1.807) is 34.7 Å². The van der Waals surface area contributed by atoms with Gasteiger partial charge < -0.3 is 4.42 Å². The molecule has 2 aromatic carbocycles. The summed E-state index contributed by atoms with van der Waals surface area (Å²) in [6, 6.07) is 17.5. The minimum Gasteiger partial charge on any atom is -0.467 e. The number of carbonyl (C=O) groups is 1. The summed E-state index contributed by atoms with van der Waals surface area (Å²) in [5, 5.41) is 0.670. The summed E-state index contributed by atoms with van der Waals surface area (Å²) >= 11 is 4.87. The number of aromatic nitrogens is 1. The highest BCUT2D eigenvalue weighted by molar-refractivity contribution is 7.98. The summed E-state index contributed by atoms with van der Waals surface area (Å²) in [6.45, 7) is 0.339. The lowest BCUT2D eigenvalue weighted by atomic mass is 10.2. The summed E-state index contributed by atoms with van der Waals surface area (Å²) < 4.78 is 6.56. The zero-order chi connectivity index (χ0) is 19.5. The first-order valence-corrected chi connectivity index (χ1v) is 11.9. The molecule has 142 valence electrons. The highest BCUT2D eigenvalue weighted by atomic mass is 32.2. The highest BCUT2D eigenvalue weighted by Gasteiger charge is 2.23. The zero-order valence-corrected chi connectivity index (χ0v) is 17.9. The summed E-state index contributed by atoms with van der Waals surface area (Å²) in [5.41, 5.74) is 1.53. The fraction of sp³-hybridized carbons (Fsp3) is 0.143. The number of hydrogen-bond donors (Lipinski definition) is 0. The number of nitrogens with zero attached hydrogens (tertiary/aromatic N) is 2. The lowest BCUT2D eigenvalue weighted by Crippen LogP contribution is -2.30. The molecule has 4 rings (SSSR count). The lowest BCUT2D eigenvalue weighted by molar-refractivity contribution is 0.0983. The Morgan fingerprint density at radius 2 is 1.82 bits per heavy atom. The third-order valence-electron chi connectivity index (χ3n) is 4.29. The average Bonchev–Trinajstić information content (AvgIpc) is 3.40. The van der Waals surface area contributed by atoms with Gasteiger partial charge in [0.2, 0.25) is 0 Å². The maximum absolute atomic E-state index is 13.3. The maximum atomic E-state index is 13.3. The van der Waals surface area contributed by atoms with Crippen LogP contribution in [0.4, 0.5) is 5.13 Å². The van der Waals surface area contributed by atoms with E-state index in [4.69, 9.17) is 9.40 Å². The van der Waals surface area contributed by atoms with Gasteiger partial charge in [0.1, 0.15) is 5.76 Å². The number of fused-ring (bicyclic) bond motifs is 1. The van der Waals surface area contributed by atoms with Crippen LogP contribution in [0.2, 0.25) is 0 Å². The van der Waals surface area contributed by atoms with Gasteiger partial charge in [-0.15, -0.1) is 23.5 Å². The van der Waals surface area contributed by atoms with Gasteiger partial charge in [0.25, 0.3) is 5.91 Å². The van der Waals surface area contributed by atoms with E-state index in [2.05, 4.69) is 12.1 Å². The molecule has 2 heterocycles. The Hall–Kier alpha value is -2.22. The van der Waals surface area contributed by atoms with Crippen molar-refractivity contribution in [1.82, 2.24) is 4.98 Å². The predicted octanol–water partition coefficient (Wildman–Crippen LogP) is 6.18. The minimum absolute atomic E-state index is 0.0896. The number of benzene rings is 2. The molecule has 0 N–H and O–H groups in total. The summed E-state index contributed by atoms with van der Waals surface area (Å²) in [4.78, 5) is 22.0. The van der Waals surface area contributed by atoms with Gasteiger partial charge in [0, 0.05) is 15.4 Å². The summed E-state index contributed by atoms with van der Waals surface area (Å²) in [6.07, 6.45) is 5.69. The normalized spacial score (nSPS) is 11.1. The van der Waals surface area contributed by atoms with E-state index in [0.717, 1.165) is 20.9 Å². The van der Waals surface area contributed by atoms with E-state index in [1.807, 2.05) is 55.0 Å². The number of amides is 1. The monoisotopic (exact) mass is 426 g/mol. The van der Waals surface area contributed by atoms with Crippen LogP contribution in [-0.2, 0) is 6.54 Å². The highest BCUT2D eigenvalue weighted by Crippen LogP contribution is 2.33. The number of furan rings is 1. The lowest BCUT2D eigenvalue weighted by Gasteiger charge is -2.19. The van der Waals surface area contributed by atoms with E-state index in [-0.39, 0.29) is 5.91 Å². The Balaban J connectivity index is 1.73. The van der Waals surface area contributed by atoms with E-state index >= 15 is 0 Å². The summed E-state index contributed by atoms with van der Waals surface area (Å²) in [7, 11) is 0. The van der Waals surface area contributed by atoms with Crippen LogP contribution in [0.1, 0.15) is 16.1 Å². The third-order valence-corrected chi connectivity index (χ3v) is 6.80. The van der Waals surface area contributed by atoms with Crippen molar-refractivity contribution >= 4 is 56.1 Å². The van der Waals surface area contributed by atoms with Gasteiger partial charge >= 0.3 is 0 Å². The fourth-order valence-electron chi connectivity index (χ4n) is 2.81. The molecule has 0 atom stereocenters. The molecule has 4 nitrogen and oxygen atoms in total. The van der Waals surface area contributed by atoms with Crippen molar-refractivity contribution in [2.24, 2.45) is 0 Å². The molecular weight excluding hydrogens is 408 g/mol. The van der Waals surface area contributed by atoms with E-state index in [1.165, 1.54) is 16.2 Å². The van der Waals surface area contributed by atoms with Crippen molar-refractivity contribution in [1.29, 1.82) is 0 Å². The van der Waals surface area contributed by atoms with Crippen molar-refractivity contribution in [3.63, 3.8) is 0 Å². The molecule has 0 aliphatic rings. The molecule has 2 aromatic heterocycles. The van der Waals surface area contributed by atoms with Crippen molar-refractivity contribution in [2.75, 3.05) is 17.4 Å². The molecule has 0 saturated heterocycles. The van der Waals surface area contributed by atoms with Crippen LogP contribution in [0, 0.1) is 0 Å². The van der Waals surface area contributed by atoms with Crippen molar-refractivity contribution in [3.05, 3.63) is 72.2 Å². The van der Waals surface area contributed by atoms with Gasteiger partial charge in [-0.3, -0.25) is 9.69 Å². The third kappa shape index (κ3) is 3.97. The molecule has 4 aromatic rings. The quantitative estimate of drug-likeness (QED) is 0.345. The molecule has 1 amide bonds. The Bertz CT molecular complexity index is 1090. The first-order valence-electron chi connectivity index (χ1n) is 8.61. The second-order valence-electron chi connectivity index (χ2n) is 6.03. The molecule has 0 fully saturated rings. The number of rotatable bonds is 6. The molecule has 0 aliphatic carbocycles. The topological polar surface area (TPSA) is 46.3 Å². The molecule has 7 heteroatoms. The Morgan fingerprint density at radius 3 is 2.50 bits per heavy atom. The van der Waals surface area contributed by atoms with Gasteiger partial charge in [-0.1, -0.05) is 11.3 Å². The van der Waals surface area contributed by atoms with Gasteiger partial charge in [0.15, 0.2) is 5.13 Å². The van der Waals surface area contributed by atoms with Crippen molar-refractivity contribution in [3.8, 4) is 0 Å². The Labute approximate surface area is 176 Å². The first kappa shape index (κ1) is 19.1. The van der Waals surface area contributed by atoms with Gasteiger partial charge in [-0.25, -0.2) is 4.98 Å². The molecule has 0 radical (unpaired) electrons. The first-order chi connectivity index (χ1) is 13.7. The van der Waals surface area contributed by atoms with Crippen molar-refractivity contribution in [2.45, 2.75) is 16.3 Å². The van der Waals surface area contributed by atoms with E-state index < -0.39 is 0 Å². The second-order valence-corrected chi connectivity index (χ2v) is 8.80. The number of thiazole rings is 1. The van der Waals surface area contributed by atoms with Crippen LogP contribution in [0.15, 0.2) is 75.1 Å². The number of hydrogen-bond acceptors (Lipinski definition) is 6. The molecule has 28 heavy (non-hydrogen) atoms. The average molecular weight is 427 g/mol. The van der Waals surface area contributed by atoms with Crippen LogP contribution in [0.5, 0.6) is 0 Å². The Morgan fingerprint density at radius 1 is 1.07 bits per heavy atom. The van der Waals surface area contributed by atoms with Crippen LogP contribution >= 0.6 is 34.9 Å². The van der Waals surface area contributed by atoms with Crippen LogP contribution in [0.3, 0.4) is 0 Å². The molecule has 0 unspecified atom stereocenters. The molecule has 0 spiro atoms. The fourth-order valence-corrected chi connectivity index (χ4v) is 4.73. The van der Waals surface area contributed by atoms with E-state index in [9.17, 15) is 4.79 Å². The molecule has 0 aliphatic heterocycles. The second kappa shape index (κ2) is 8.43. The predicted molar refractivity (Wildman–Crippen MR) is 119 cm³/mol. The SMILES string of the molecule is CSc1ccc(C(=O)N(Cc2ccco2)c2nc3ccc(SC)cc3s2)cc1. The number of thioether (sulfide) groups is 2. The Kier molecular flexibility index (Phi) is 5.75. The van der Waals surface area contributed by atoms with Crippen LogP contribution in [0.25, 0.3) is 10.2 Å².